The molecular weight excluding hydrogens is 564 g/mol. The summed E-state index contributed by atoms with van der Waals surface area (Å²) in [5.41, 5.74) is 6.63. The summed E-state index contributed by atoms with van der Waals surface area (Å²) in [7, 11) is 4.99. The van der Waals surface area contributed by atoms with E-state index >= 15 is 0 Å². The Morgan fingerprint density at radius 3 is 1.98 bits per heavy atom. The highest BCUT2D eigenvalue weighted by molar-refractivity contribution is 6.09. The average Bonchev–Trinajstić information content (AvgIpc) is 3.33. The molecule has 0 saturated heterocycles. The quantitative estimate of drug-likeness (QED) is 0.195. The molecule has 1 aliphatic carbocycles. The monoisotopic (exact) mass is 600 g/mol. The van der Waals surface area contributed by atoms with Gasteiger partial charge in [-0.25, -0.2) is 0 Å². The fraction of sp³-hybridized carbons (Fsp3) is 0.231. The van der Waals surface area contributed by atoms with Gasteiger partial charge < -0.3 is 28.8 Å². The molecule has 0 aromatic heterocycles. The number of aliphatic hydroxyl groups excluding tert-OH is 1. The van der Waals surface area contributed by atoms with E-state index in [0.29, 0.717) is 17.2 Å². The zero-order valence-electron chi connectivity index (χ0n) is 26.1. The average molecular weight is 601 g/mol. The maximum absolute atomic E-state index is 9.25. The molecule has 0 saturated carbocycles. The highest BCUT2D eigenvalue weighted by Gasteiger charge is 2.44. The van der Waals surface area contributed by atoms with Crippen LogP contribution in [0.15, 0.2) is 91.0 Å². The Labute approximate surface area is 263 Å². The van der Waals surface area contributed by atoms with Gasteiger partial charge in [0.2, 0.25) is 0 Å². The first-order valence-electron chi connectivity index (χ1n) is 15.1. The molecule has 0 radical (unpaired) electrons. The van der Waals surface area contributed by atoms with Crippen LogP contribution in [-0.2, 0) is 11.0 Å². The van der Waals surface area contributed by atoms with Crippen molar-refractivity contribution < 1.29 is 28.8 Å². The van der Waals surface area contributed by atoms with Crippen LogP contribution in [0.5, 0.6) is 28.7 Å². The third-order valence-electron chi connectivity index (χ3n) is 9.21. The van der Waals surface area contributed by atoms with Gasteiger partial charge in [0.05, 0.1) is 27.9 Å². The molecule has 1 atom stereocenters. The second-order valence-electron chi connectivity index (χ2n) is 11.9. The lowest BCUT2D eigenvalue weighted by Crippen LogP contribution is -2.35. The lowest BCUT2D eigenvalue weighted by atomic mass is 9.76. The largest absolute Gasteiger partial charge is 0.497 e. The molecule has 1 unspecified atom stereocenters. The van der Waals surface area contributed by atoms with Crippen molar-refractivity contribution in [2.45, 2.75) is 24.9 Å². The van der Waals surface area contributed by atoms with Crippen molar-refractivity contribution in [3.05, 3.63) is 119 Å². The first-order chi connectivity index (χ1) is 21.9. The summed E-state index contributed by atoms with van der Waals surface area (Å²) in [6, 6.07) is 28.6. The van der Waals surface area contributed by atoms with Gasteiger partial charge in [-0.3, -0.25) is 0 Å². The molecule has 1 aliphatic heterocycles. The van der Waals surface area contributed by atoms with Crippen molar-refractivity contribution in [1.29, 1.82) is 0 Å². The van der Waals surface area contributed by atoms with Crippen LogP contribution in [0.3, 0.4) is 0 Å². The molecule has 1 heterocycles. The number of methoxy groups -OCH3 is 3. The van der Waals surface area contributed by atoms with Crippen LogP contribution in [0.25, 0.3) is 28.0 Å². The number of hydrogen-bond donors (Lipinski definition) is 1. The molecule has 2 aliphatic rings. The molecule has 5 aromatic rings. The topological polar surface area (TPSA) is 66.4 Å². The number of rotatable bonds is 8. The van der Waals surface area contributed by atoms with E-state index in [4.69, 9.17) is 23.7 Å². The molecule has 228 valence electrons. The number of benzene rings is 5. The van der Waals surface area contributed by atoms with Crippen LogP contribution in [-0.4, -0.2) is 39.6 Å². The third-order valence-corrected chi connectivity index (χ3v) is 9.21. The van der Waals surface area contributed by atoms with Crippen LogP contribution >= 0.6 is 0 Å². The van der Waals surface area contributed by atoms with Gasteiger partial charge in [-0.05, 0) is 70.1 Å². The van der Waals surface area contributed by atoms with Crippen LogP contribution in [0.4, 0.5) is 0 Å². The molecule has 7 rings (SSSR count). The normalized spacial score (nSPS) is 17.2. The van der Waals surface area contributed by atoms with Gasteiger partial charge in [0.15, 0.2) is 17.1 Å². The van der Waals surface area contributed by atoms with E-state index in [1.165, 1.54) is 22.3 Å². The van der Waals surface area contributed by atoms with Crippen molar-refractivity contribution in [2.24, 2.45) is 0 Å². The van der Waals surface area contributed by atoms with Crippen LogP contribution < -0.4 is 23.7 Å². The molecule has 6 heteroatoms. The summed E-state index contributed by atoms with van der Waals surface area (Å²) in [4.78, 5) is 0. The minimum atomic E-state index is -0.960. The van der Waals surface area contributed by atoms with Gasteiger partial charge in [0.1, 0.15) is 23.9 Å². The zero-order valence-corrected chi connectivity index (χ0v) is 26.1. The molecule has 1 N–H and O–H groups in total. The molecule has 45 heavy (non-hydrogen) atoms. The molecule has 5 aromatic carbocycles. The first kappa shape index (κ1) is 28.8. The number of ether oxygens (including phenoxy) is 5. The Kier molecular flexibility index (Phi) is 6.98. The van der Waals surface area contributed by atoms with Crippen molar-refractivity contribution in [3.63, 3.8) is 0 Å². The Bertz CT molecular complexity index is 1940. The van der Waals surface area contributed by atoms with E-state index in [0.717, 1.165) is 39.0 Å². The summed E-state index contributed by atoms with van der Waals surface area (Å²) in [6.07, 6.45) is 4.38. The maximum Gasteiger partial charge on any atom is 0.178 e. The lowest BCUT2D eigenvalue weighted by Gasteiger charge is -2.38. The standard InChI is InChI=1S/C39H36O6/c1-38(2)32-9-7-6-8-28(32)35-30-22-33(42-4)34(43-5)23-31(30)37-29(36(35)38)18-19-39(45-37,24-10-14-26(41-3)15-11-24)25-12-16-27(17-13-25)44-21-20-40/h6-19,22-23,40H,20-21H2,1-5H3. The van der Waals surface area contributed by atoms with E-state index in [1.54, 1.807) is 21.3 Å². The van der Waals surface area contributed by atoms with E-state index < -0.39 is 5.60 Å². The van der Waals surface area contributed by atoms with Crippen molar-refractivity contribution in [2.75, 3.05) is 34.5 Å². The predicted octanol–water partition coefficient (Wildman–Crippen LogP) is 7.89. The fourth-order valence-electron chi connectivity index (χ4n) is 7.05. The minimum absolute atomic E-state index is 0.0496. The van der Waals surface area contributed by atoms with Gasteiger partial charge >= 0.3 is 0 Å². The second kappa shape index (κ2) is 10.9. The van der Waals surface area contributed by atoms with E-state index in [2.05, 4.69) is 56.3 Å². The van der Waals surface area contributed by atoms with E-state index in [-0.39, 0.29) is 18.6 Å². The summed E-state index contributed by atoms with van der Waals surface area (Å²) in [5, 5.41) is 11.2. The second-order valence-corrected chi connectivity index (χ2v) is 11.9. The van der Waals surface area contributed by atoms with Gasteiger partial charge in [-0.15, -0.1) is 0 Å². The Morgan fingerprint density at radius 2 is 1.36 bits per heavy atom. The Hall–Kier alpha value is -4.94. The molecule has 0 amide bonds. The highest BCUT2D eigenvalue weighted by Crippen LogP contribution is 2.59. The van der Waals surface area contributed by atoms with Gasteiger partial charge in [0, 0.05) is 27.5 Å². The predicted molar refractivity (Wildman–Crippen MR) is 177 cm³/mol. The van der Waals surface area contributed by atoms with E-state index in [1.807, 2.05) is 54.6 Å². The number of hydrogen-bond acceptors (Lipinski definition) is 6. The van der Waals surface area contributed by atoms with Gasteiger partial charge in [-0.2, -0.15) is 0 Å². The number of fused-ring (bicyclic) bond motifs is 8. The van der Waals surface area contributed by atoms with Crippen molar-refractivity contribution >= 4 is 16.8 Å². The Morgan fingerprint density at radius 1 is 0.733 bits per heavy atom. The highest BCUT2D eigenvalue weighted by atomic mass is 16.5. The smallest absolute Gasteiger partial charge is 0.178 e. The molecular formula is C39H36O6. The Balaban J connectivity index is 1.52. The fourth-order valence-corrected chi connectivity index (χ4v) is 7.05. The van der Waals surface area contributed by atoms with E-state index in [9.17, 15) is 5.11 Å². The van der Waals surface area contributed by atoms with Crippen LogP contribution in [0.2, 0.25) is 0 Å². The summed E-state index contributed by atoms with van der Waals surface area (Å²) >= 11 is 0. The molecule has 0 bridgehead atoms. The van der Waals surface area contributed by atoms with Gasteiger partial charge in [0.25, 0.3) is 0 Å². The summed E-state index contributed by atoms with van der Waals surface area (Å²) < 4.78 is 30.2. The van der Waals surface area contributed by atoms with Crippen LogP contribution in [0.1, 0.15) is 41.7 Å². The summed E-state index contributed by atoms with van der Waals surface area (Å²) in [5.74, 6) is 3.53. The molecule has 6 nitrogen and oxygen atoms in total. The first-order valence-corrected chi connectivity index (χ1v) is 15.1. The SMILES string of the molecule is COc1ccc(C2(c3ccc(OCCO)cc3)C=Cc3c4c(c5cc(OC)c(OC)cc5c3O2)-c2ccccc2C4(C)C)cc1. The van der Waals surface area contributed by atoms with Gasteiger partial charge in [-0.1, -0.05) is 68.5 Å². The van der Waals surface area contributed by atoms with Crippen molar-refractivity contribution in [1.82, 2.24) is 0 Å². The zero-order chi connectivity index (χ0) is 31.3. The molecule has 0 fully saturated rings. The maximum atomic E-state index is 9.25. The van der Waals surface area contributed by atoms with Crippen molar-refractivity contribution in [3.8, 4) is 39.9 Å². The number of aliphatic hydroxyl groups is 1. The van der Waals surface area contributed by atoms with Crippen LogP contribution in [0, 0.1) is 0 Å². The lowest BCUT2D eigenvalue weighted by molar-refractivity contribution is 0.163. The minimum Gasteiger partial charge on any atom is -0.497 e. The third kappa shape index (κ3) is 4.35. The summed E-state index contributed by atoms with van der Waals surface area (Å²) in [6.45, 7) is 4.75. The molecule has 0 spiro atoms.